The average molecular weight is 324 g/mol. The summed E-state index contributed by atoms with van der Waals surface area (Å²) in [5, 5.41) is 0. The number of rotatable bonds is 8. The van der Waals surface area contributed by atoms with Crippen molar-refractivity contribution < 1.29 is 4.79 Å². The summed E-state index contributed by atoms with van der Waals surface area (Å²) in [6, 6.07) is 7.72. The average Bonchev–Trinajstić information content (AvgIpc) is 2.63. The van der Waals surface area contributed by atoms with Gasteiger partial charge in [-0.15, -0.1) is 0 Å². The number of nitrogens with zero attached hydrogens (tertiary/aromatic N) is 2. The molecule has 2 aromatic heterocycles. The van der Waals surface area contributed by atoms with Crippen LogP contribution < -0.4 is 0 Å². The van der Waals surface area contributed by atoms with Gasteiger partial charge in [0.2, 0.25) is 0 Å². The minimum Gasteiger partial charge on any atom is -0.288 e. The molecule has 0 bridgehead atoms. The third-order valence-electron chi connectivity index (χ3n) is 4.73. The van der Waals surface area contributed by atoms with E-state index in [0.29, 0.717) is 23.0 Å². The Morgan fingerprint density at radius 3 is 1.88 bits per heavy atom. The van der Waals surface area contributed by atoms with Gasteiger partial charge in [-0.05, 0) is 49.4 Å². The van der Waals surface area contributed by atoms with Gasteiger partial charge in [-0.2, -0.15) is 0 Å². The summed E-state index contributed by atoms with van der Waals surface area (Å²) in [6.07, 6.45) is 7.78. The van der Waals surface area contributed by atoms with Crippen LogP contribution in [-0.2, 0) is 0 Å². The second-order valence-corrected chi connectivity index (χ2v) is 6.48. The van der Waals surface area contributed by atoms with Crippen molar-refractivity contribution in [3.8, 4) is 0 Å². The molecule has 0 spiro atoms. The van der Waals surface area contributed by atoms with E-state index in [1.807, 2.05) is 24.3 Å². The zero-order valence-electron chi connectivity index (χ0n) is 15.2. The molecule has 0 N–H and O–H groups in total. The Morgan fingerprint density at radius 2 is 1.46 bits per heavy atom. The van der Waals surface area contributed by atoms with E-state index >= 15 is 0 Å². The maximum Gasteiger partial charge on any atom is 0.196 e. The van der Waals surface area contributed by atoms with Gasteiger partial charge in [0.15, 0.2) is 5.78 Å². The first-order chi connectivity index (χ1) is 11.6. The lowest BCUT2D eigenvalue weighted by molar-refractivity contribution is 0.103. The molecule has 128 valence electrons. The summed E-state index contributed by atoms with van der Waals surface area (Å²) in [6.45, 7) is 8.68. The molecule has 2 heterocycles. The maximum atomic E-state index is 12.6. The van der Waals surface area contributed by atoms with Crippen LogP contribution in [0.15, 0.2) is 36.7 Å². The number of ketones is 1. The minimum absolute atomic E-state index is 0.0132. The molecule has 0 amide bonds. The monoisotopic (exact) mass is 324 g/mol. The molecule has 0 aliphatic carbocycles. The first-order valence-electron chi connectivity index (χ1n) is 9.07. The molecule has 0 radical (unpaired) electrons. The van der Waals surface area contributed by atoms with Gasteiger partial charge < -0.3 is 0 Å². The molecule has 3 heteroatoms. The van der Waals surface area contributed by atoms with Crippen LogP contribution in [0, 0.1) is 0 Å². The van der Waals surface area contributed by atoms with Gasteiger partial charge in [0.1, 0.15) is 0 Å². The molecule has 3 nitrogen and oxygen atoms in total. The summed E-state index contributed by atoms with van der Waals surface area (Å²) in [4.78, 5) is 21.6. The van der Waals surface area contributed by atoms with E-state index in [9.17, 15) is 4.79 Å². The van der Waals surface area contributed by atoms with Crippen molar-refractivity contribution in [1.29, 1.82) is 0 Å². The number of pyridine rings is 2. The van der Waals surface area contributed by atoms with Gasteiger partial charge in [0.25, 0.3) is 0 Å². The molecule has 2 rings (SSSR count). The van der Waals surface area contributed by atoms with Crippen molar-refractivity contribution in [2.45, 2.75) is 65.2 Å². The third kappa shape index (κ3) is 4.28. The zero-order valence-corrected chi connectivity index (χ0v) is 15.2. The fourth-order valence-corrected chi connectivity index (χ4v) is 3.07. The van der Waals surface area contributed by atoms with Crippen LogP contribution in [0.5, 0.6) is 0 Å². The minimum atomic E-state index is -0.0132. The van der Waals surface area contributed by atoms with Crippen LogP contribution in [0.25, 0.3) is 0 Å². The van der Waals surface area contributed by atoms with Crippen LogP contribution in [-0.4, -0.2) is 15.8 Å². The fraction of sp³-hybridized carbons (Fsp3) is 0.476. The van der Waals surface area contributed by atoms with E-state index < -0.39 is 0 Å². The van der Waals surface area contributed by atoms with E-state index in [2.05, 4.69) is 37.7 Å². The van der Waals surface area contributed by atoms with E-state index in [1.165, 1.54) is 0 Å². The molecular weight excluding hydrogens is 296 g/mol. The molecule has 0 aliphatic heterocycles. The number of hydrogen-bond donors (Lipinski definition) is 0. The number of carbonyl (C=O) groups is 1. The van der Waals surface area contributed by atoms with Crippen LogP contribution in [0.4, 0.5) is 0 Å². The fourth-order valence-electron chi connectivity index (χ4n) is 3.07. The second-order valence-electron chi connectivity index (χ2n) is 6.48. The first kappa shape index (κ1) is 18.3. The summed E-state index contributed by atoms with van der Waals surface area (Å²) >= 11 is 0. The Kier molecular flexibility index (Phi) is 6.65. The highest BCUT2D eigenvalue weighted by Gasteiger charge is 2.14. The molecule has 2 aromatic rings. The highest BCUT2D eigenvalue weighted by atomic mass is 16.1. The quantitative estimate of drug-likeness (QED) is 0.601. The zero-order chi connectivity index (χ0) is 17.5. The number of carbonyl (C=O) groups excluding carboxylic acids is 1. The predicted molar refractivity (Wildman–Crippen MR) is 98.6 cm³/mol. The Balaban J connectivity index is 2.13. The lowest BCUT2D eigenvalue weighted by atomic mass is 9.97. The van der Waals surface area contributed by atoms with E-state index in [-0.39, 0.29) is 5.78 Å². The molecule has 0 aliphatic rings. The molecule has 0 saturated carbocycles. The number of hydrogen-bond acceptors (Lipinski definition) is 3. The normalized spacial score (nSPS) is 12.4. The Morgan fingerprint density at radius 1 is 0.917 bits per heavy atom. The van der Waals surface area contributed by atoms with Gasteiger partial charge in [-0.1, -0.05) is 34.1 Å². The topological polar surface area (TPSA) is 42.9 Å². The van der Waals surface area contributed by atoms with Crippen molar-refractivity contribution in [2.24, 2.45) is 0 Å². The Labute approximate surface area is 145 Å². The largest absolute Gasteiger partial charge is 0.288 e. The van der Waals surface area contributed by atoms with E-state index in [0.717, 1.165) is 37.1 Å². The van der Waals surface area contributed by atoms with E-state index in [1.54, 1.807) is 12.4 Å². The smallest absolute Gasteiger partial charge is 0.196 e. The Hall–Kier alpha value is -2.03. The highest BCUT2D eigenvalue weighted by molar-refractivity contribution is 6.08. The lowest BCUT2D eigenvalue weighted by Gasteiger charge is -2.12. The van der Waals surface area contributed by atoms with E-state index in [4.69, 9.17) is 0 Å². The van der Waals surface area contributed by atoms with Gasteiger partial charge in [-0.25, -0.2) is 0 Å². The number of aromatic nitrogens is 2. The van der Waals surface area contributed by atoms with Crippen molar-refractivity contribution in [3.63, 3.8) is 0 Å². The predicted octanol–water partition coefficient (Wildman–Crippen LogP) is 5.51. The van der Waals surface area contributed by atoms with Gasteiger partial charge in [-0.3, -0.25) is 14.8 Å². The molecular formula is C21H28N2O. The highest BCUT2D eigenvalue weighted by Crippen LogP contribution is 2.22. The van der Waals surface area contributed by atoms with Crippen molar-refractivity contribution >= 4 is 5.78 Å². The van der Waals surface area contributed by atoms with Crippen LogP contribution >= 0.6 is 0 Å². The third-order valence-corrected chi connectivity index (χ3v) is 4.73. The first-order valence-corrected chi connectivity index (χ1v) is 9.07. The molecule has 0 saturated heterocycles. The molecule has 1 atom stereocenters. The molecule has 0 aromatic carbocycles. The molecule has 1 unspecified atom stereocenters. The summed E-state index contributed by atoms with van der Waals surface area (Å²) in [7, 11) is 0. The van der Waals surface area contributed by atoms with Crippen LogP contribution in [0.1, 0.15) is 92.5 Å². The van der Waals surface area contributed by atoms with Gasteiger partial charge >= 0.3 is 0 Å². The van der Waals surface area contributed by atoms with Crippen molar-refractivity contribution in [1.82, 2.24) is 9.97 Å². The standard InChI is InChI=1S/C21H28N2O/c1-5-8-15(4)19-11-9-17(13-22-19)21(24)18-10-12-20(23-14-18)16(6-2)7-3/h9-16H,5-8H2,1-4H3. The molecule has 24 heavy (non-hydrogen) atoms. The lowest BCUT2D eigenvalue weighted by Crippen LogP contribution is -2.06. The second kappa shape index (κ2) is 8.72. The molecule has 0 fully saturated rings. The summed E-state index contributed by atoms with van der Waals surface area (Å²) < 4.78 is 0. The van der Waals surface area contributed by atoms with Gasteiger partial charge in [0, 0.05) is 40.8 Å². The van der Waals surface area contributed by atoms with Gasteiger partial charge in [0.05, 0.1) is 0 Å². The van der Waals surface area contributed by atoms with Crippen molar-refractivity contribution in [3.05, 3.63) is 59.2 Å². The van der Waals surface area contributed by atoms with Crippen LogP contribution in [0.2, 0.25) is 0 Å². The SMILES string of the molecule is CCCC(C)c1ccc(C(=O)c2ccc(C(CC)CC)nc2)cn1. The summed E-state index contributed by atoms with van der Waals surface area (Å²) in [5.41, 5.74) is 3.37. The van der Waals surface area contributed by atoms with Crippen LogP contribution in [0.3, 0.4) is 0 Å². The Bertz CT molecular complexity index is 643. The maximum absolute atomic E-state index is 12.6. The van der Waals surface area contributed by atoms with Crippen molar-refractivity contribution in [2.75, 3.05) is 0 Å². The summed E-state index contributed by atoms with van der Waals surface area (Å²) in [5.74, 6) is 0.885.